The first kappa shape index (κ1) is 19.0. The number of nitrogens with zero attached hydrogens (tertiary/aromatic N) is 1. The quantitative estimate of drug-likeness (QED) is 0.778. The van der Waals surface area contributed by atoms with Crippen LogP contribution in [0.25, 0.3) is 5.57 Å². The standard InChI is InChI=1S/C24H32N2O3/c1-23-9-8-20-17(4-7-21-24(20,2)10-11-26-22(27)29-21)19(23)6-5-18(23)15-12-16(28-3)14-25-13-15/h5,12-14,17,19-21H,4,6-11H2,1-3H3,(H,26,27)/t17-,19-,20-,21?,23+,24+/m0/s1. The van der Waals surface area contributed by atoms with Crippen molar-refractivity contribution in [2.24, 2.45) is 28.6 Å². The first-order chi connectivity index (χ1) is 14.0. The van der Waals surface area contributed by atoms with Crippen LogP contribution in [0.3, 0.4) is 0 Å². The van der Waals surface area contributed by atoms with E-state index in [1.807, 2.05) is 6.20 Å². The van der Waals surface area contributed by atoms with Gasteiger partial charge in [0.25, 0.3) is 0 Å². The minimum Gasteiger partial charge on any atom is -0.495 e. The molecule has 1 aliphatic heterocycles. The van der Waals surface area contributed by atoms with Crippen LogP contribution in [0.5, 0.6) is 5.75 Å². The summed E-state index contributed by atoms with van der Waals surface area (Å²) in [5.41, 5.74) is 2.94. The lowest BCUT2D eigenvalue weighted by molar-refractivity contribution is -0.113. The molecule has 3 aliphatic carbocycles. The second-order valence-corrected chi connectivity index (χ2v) is 9.95. The maximum absolute atomic E-state index is 12.0. The summed E-state index contributed by atoms with van der Waals surface area (Å²) in [6, 6.07) is 2.13. The summed E-state index contributed by atoms with van der Waals surface area (Å²) in [7, 11) is 1.70. The molecule has 0 radical (unpaired) electrons. The summed E-state index contributed by atoms with van der Waals surface area (Å²) in [6.07, 6.45) is 12.8. The summed E-state index contributed by atoms with van der Waals surface area (Å²) >= 11 is 0. The van der Waals surface area contributed by atoms with Gasteiger partial charge in [-0.15, -0.1) is 0 Å². The molecule has 1 amide bonds. The lowest BCUT2D eigenvalue weighted by atomic mass is 9.48. The predicted molar refractivity (Wildman–Crippen MR) is 111 cm³/mol. The minimum absolute atomic E-state index is 0.0621. The van der Waals surface area contributed by atoms with E-state index in [-0.39, 0.29) is 23.0 Å². The maximum atomic E-state index is 12.0. The molecule has 5 heteroatoms. The molecule has 2 saturated carbocycles. The van der Waals surface area contributed by atoms with Crippen molar-refractivity contribution in [3.05, 3.63) is 30.1 Å². The summed E-state index contributed by atoms with van der Waals surface area (Å²) < 4.78 is 11.3. The highest BCUT2D eigenvalue weighted by Crippen LogP contribution is 2.65. The third-order valence-electron chi connectivity index (χ3n) is 8.80. The van der Waals surface area contributed by atoms with Gasteiger partial charge in [-0.2, -0.15) is 0 Å². The van der Waals surface area contributed by atoms with Crippen LogP contribution >= 0.6 is 0 Å². The second kappa shape index (κ2) is 6.75. The van der Waals surface area contributed by atoms with Gasteiger partial charge in [0.1, 0.15) is 11.9 Å². The monoisotopic (exact) mass is 396 g/mol. The summed E-state index contributed by atoms with van der Waals surface area (Å²) in [5, 5.41) is 2.92. The van der Waals surface area contributed by atoms with Crippen molar-refractivity contribution in [2.45, 2.75) is 58.5 Å². The van der Waals surface area contributed by atoms with Gasteiger partial charge in [0.05, 0.1) is 13.3 Å². The highest BCUT2D eigenvalue weighted by Gasteiger charge is 2.59. The van der Waals surface area contributed by atoms with Crippen LogP contribution in [-0.4, -0.2) is 30.8 Å². The Bertz CT molecular complexity index is 852. The number of hydrogen-bond acceptors (Lipinski definition) is 4. The molecule has 1 N–H and O–H groups in total. The largest absolute Gasteiger partial charge is 0.495 e. The number of carbonyl (C=O) groups is 1. The van der Waals surface area contributed by atoms with Crippen LogP contribution in [0.15, 0.2) is 24.5 Å². The maximum Gasteiger partial charge on any atom is 0.407 e. The zero-order chi connectivity index (χ0) is 20.2. The number of rotatable bonds is 2. The minimum atomic E-state index is -0.229. The summed E-state index contributed by atoms with van der Waals surface area (Å²) in [6.45, 7) is 5.58. The van der Waals surface area contributed by atoms with Gasteiger partial charge in [-0.25, -0.2) is 4.79 Å². The zero-order valence-electron chi connectivity index (χ0n) is 17.7. The number of hydrogen-bond donors (Lipinski definition) is 1. The highest BCUT2D eigenvalue weighted by molar-refractivity contribution is 5.73. The van der Waals surface area contributed by atoms with Crippen LogP contribution in [0.4, 0.5) is 4.79 Å². The van der Waals surface area contributed by atoms with Gasteiger partial charge in [0.15, 0.2) is 0 Å². The Balaban J connectivity index is 1.44. The van der Waals surface area contributed by atoms with Gasteiger partial charge in [0.2, 0.25) is 0 Å². The molecule has 29 heavy (non-hydrogen) atoms. The van der Waals surface area contributed by atoms with E-state index < -0.39 is 0 Å². The van der Waals surface area contributed by atoms with E-state index in [0.717, 1.165) is 38.0 Å². The molecule has 3 fully saturated rings. The zero-order valence-corrected chi connectivity index (χ0v) is 17.7. The molecule has 0 spiro atoms. The van der Waals surface area contributed by atoms with E-state index in [2.05, 4.69) is 36.3 Å². The number of nitrogens with one attached hydrogen (secondary N) is 1. The third-order valence-corrected chi connectivity index (χ3v) is 8.80. The highest BCUT2D eigenvalue weighted by atomic mass is 16.6. The summed E-state index contributed by atoms with van der Waals surface area (Å²) in [5.74, 6) is 2.80. The van der Waals surface area contributed by atoms with Crippen LogP contribution in [0.2, 0.25) is 0 Å². The first-order valence-electron chi connectivity index (χ1n) is 11.1. The molecule has 1 unspecified atom stereocenters. The predicted octanol–water partition coefficient (Wildman–Crippen LogP) is 4.82. The molecule has 2 heterocycles. The van der Waals surface area contributed by atoms with Gasteiger partial charge >= 0.3 is 6.09 Å². The Kier molecular flexibility index (Phi) is 4.41. The average molecular weight is 397 g/mol. The van der Waals surface area contributed by atoms with Crippen LogP contribution in [0.1, 0.15) is 57.9 Å². The fourth-order valence-electron chi connectivity index (χ4n) is 7.26. The fraction of sp³-hybridized carbons (Fsp3) is 0.667. The lowest BCUT2D eigenvalue weighted by Gasteiger charge is -2.57. The van der Waals surface area contributed by atoms with Crippen molar-refractivity contribution in [2.75, 3.05) is 13.7 Å². The number of pyridine rings is 1. The molecule has 6 atom stereocenters. The second-order valence-electron chi connectivity index (χ2n) is 9.95. The molecule has 0 aromatic carbocycles. The van der Waals surface area contributed by atoms with Crippen molar-refractivity contribution < 1.29 is 14.3 Å². The Labute approximate surface area is 173 Å². The topological polar surface area (TPSA) is 60.5 Å². The van der Waals surface area contributed by atoms with Crippen LogP contribution in [-0.2, 0) is 4.74 Å². The Morgan fingerprint density at radius 1 is 1.17 bits per heavy atom. The summed E-state index contributed by atoms with van der Waals surface area (Å²) in [4.78, 5) is 16.4. The van der Waals surface area contributed by atoms with Gasteiger partial charge in [-0.05, 0) is 78.9 Å². The normalized spacial score (nSPS) is 41.1. The Hall–Kier alpha value is -2.04. The van der Waals surface area contributed by atoms with Gasteiger partial charge in [-0.3, -0.25) is 4.98 Å². The first-order valence-corrected chi connectivity index (χ1v) is 11.1. The molecular weight excluding hydrogens is 364 g/mol. The van der Waals surface area contributed by atoms with Crippen LogP contribution < -0.4 is 10.1 Å². The van der Waals surface area contributed by atoms with Gasteiger partial charge in [0, 0.05) is 18.2 Å². The molecule has 1 aromatic rings. The smallest absolute Gasteiger partial charge is 0.407 e. The Morgan fingerprint density at radius 2 is 2.03 bits per heavy atom. The number of ether oxygens (including phenoxy) is 2. The SMILES string of the molecule is COc1cncc(C2=CC[C@H]3[C@@H]4CCC5OC(=O)NCC[C@]5(C)[C@H]4CC[C@]23C)c1. The number of carbonyl (C=O) groups excluding carboxylic acids is 1. The van der Waals surface area contributed by atoms with Gasteiger partial charge < -0.3 is 14.8 Å². The van der Waals surface area contributed by atoms with Crippen molar-refractivity contribution in [3.8, 4) is 5.75 Å². The van der Waals surface area contributed by atoms with E-state index in [1.54, 1.807) is 13.3 Å². The van der Waals surface area contributed by atoms with E-state index in [0.29, 0.717) is 17.8 Å². The van der Waals surface area contributed by atoms with E-state index in [1.165, 1.54) is 24.0 Å². The van der Waals surface area contributed by atoms with E-state index >= 15 is 0 Å². The van der Waals surface area contributed by atoms with Gasteiger partial charge in [-0.1, -0.05) is 19.9 Å². The van der Waals surface area contributed by atoms with Crippen molar-refractivity contribution in [3.63, 3.8) is 0 Å². The number of methoxy groups -OCH3 is 1. The number of aromatic nitrogens is 1. The van der Waals surface area contributed by atoms with Crippen molar-refractivity contribution >= 4 is 11.7 Å². The lowest BCUT2D eigenvalue weighted by Crippen LogP contribution is -2.53. The van der Waals surface area contributed by atoms with Crippen LogP contribution in [0, 0.1) is 28.6 Å². The molecule has 4 aliphatic rings. The Morgan fingerprint density at radius 3 is 2.86 bits per heavy atom. The third kappa shape index (κ3) is 2.80. The molecule has 5 nitrogen and oxygen atoms in total. The van der Waals surface area contributed by atoms with Crippen molar-refractivity contribution in [1.82, 2.24) is 10.3 Å². The molecule has 1 saturated heterocycles. The molecule has 0 bridgehead atoms. The van der Waals surface area contributed by atoms with E-state index in [9.17, 15) is 4.79 Å². The number of fused-ring (bicyclic) bond motifs is 5. The fourth-order valence-corrected chi connectivity index (χ4v) is 7.26. The van der Waals surface area contributed by atoms with E-state index in [4.69, 9.17) is 9.47 Å². The molecule has 5 rings (SSSR count). The number of alkyl carbamates (subject to hydrolysis) is 1. The molecule has 1 aromatic heterocycles. The van der Waals surface area contributed by atoms with Crippen molar-refractivity contribution in [1.29, 1.82) is 0 Å². The average Bonchev–Trinajstić information content (AvgIpc) is 2.99. The number of amides is 1. The molecular formula is C24H32N2O3. The number of allylic oxidation sites excluding steroid dienone is 2. The molecule has 156 valence electrons.